The Morgan fingerprint density at radius 2 is 1.79 bits per heavy atom. The SMILES string of the molecule is CCc1cccc(NC(N)=NCc2ccc(S(=O)(=O)N(C)C(C)C)cc2)c1.I. The zero-order chi connectivity index (χ0) is 20.0. The first kappa shape index (κ1) is 24.4. The van der Waals surface area contributed by atoms with Gasteiger partial charge in [0, 0.05) is 18.8 Å². The van der Waals surface area contributed by atoms with Crippen molar-refractivity contribution in [2.45, 2.75) is 44.7 Å². The van der Waals surface area contributed by atoms with Gasteiger partial charge in [0.25, 0.3) is 0 Å². The maximum Gasteiger partial charge on any atom is 0.243 e. The van der Waals surface area contributed by atoms with Crippen LogP contribution in [-0.2, 0) is 23.0 Å². The maximum absolute atomic E-state index is 12.5. The molecule has 0 unspecified atom stereocenters. The molecule has 0 spiro atoms. The number of aryl methyl sites for hydroxylation is 1. The molecule has 0 heterocycles. The number of nitrogens with two attached hydrogens (primary N) is 1. The number of aliphatic imine (C=N–C) groups is 1. The first-order valence-electron chi connectivity index (χ1n) is 8.97. The zero-order valence-electron chi connectivity index (χ0n) is 16.7. The van der Waals surface area contributed by atoms with Crippen LogP contribution in [0.3, 0.4) is 0 Å². The third-order valence-electron chi connectivity index (χ3n) is 4.37. The van der Waals surface area contributed by atoms with E-state index in [1.54, 1.807) is 31.3 Å². The number of halogens is 1. The molecule has 0 aliphatic carbocycles. The Labute approximate surface area is 185 Å². The Bertz CT molecular complexity index is 897. The summed E-state index contributed by atoms with van der Waals surface area (Å²) in [6.45, 7) is 6.14. The average molecular weight is 516 g/mol. The highest BCUT2D eigenvalue weighted by molar-refractivity contribution is 14.0. The molecule has 0 saturated heterocycles. The van der Waals surface area contributed by atoms with Gasteiger partial charge < -0.3 is 11.1 Å². The lowest BCUT2D eigenvalue weighted by molar-refractivity contribution is 0.410. The fourth-order valence-electron chi connectivity index (χ4n) is 2.44. The highest BCUT2D eigenvalue weighted by Crippen LogP contribution is 2.17. The lowest BCUT2D eigenvalue weighted by atomic mass is 10.1. The smallest absolute Gasteiger partial charge is 0.243 e. The number of benzene rings is 2. The zero-order valence-corrected chi connectivity index (χ0v) is 19.9. The van der Waals surface area contributed by atoms with Gasteiger partial charge in [-0.1, -0.05) is 31.2 Å². The largest absolute Gasteiger partial charge is 0.370 e. The van der Waals surface area contributed by atoms with E-state index in [2.05, 4.69) is 23.3 Å². The van der Waals surface area contributed by atoms with Crippen molar-refractivity contribution in [1.82, 2.24) is 4.31 Å². The van der Waals surface area contributed by atoms with Crippen molar-refractivity contribution in [2.24, 2.45) is 10.7 Å². The molecule has 0 aromatic heterocycles. The van der Waals surface area contributed by atoms with Gasteiger partial charge in [-0.3, -0.25) is 0 Å². The van der Waals surface area contributed by atoms with E-state index in [1.165, 1.54) is 9.87 Å². The second-order valence-corrected chi connectivity index (χ2v) is 8.64. The summed E-state index contributed by atoms with van der Waals surface area (Å²) in [7, 11) is -1.89. The van der Waals surface area contributed by atoms with Crippen LogP contribution in [0, 0.1) is 0 Å². The number of nitrogens with one attached hydrogen (secondary N) is 1. The minimum absolute atomic E-state index is 0. The van der Waals surface area contributed by atoms with Crippen molar-refractivity contribution in [3.63, 3.8) is 0 Å². The molecule has 2 rings (SSSR count). The van der Waals surface area contributed by atoms with Crippen LogP contribution in [0.4, 0.5) is 5.69 Å². The predicted octanol–water partition coefficient (Wildman–Crippen LogP) is 3.82. The van der Waals surface area contributed by atoms with E-state index < -0.39 is 10.0 Å². The van der Waals surface area contributed by atoms with Crippen LogP contribution in [0.25, 0.3) is 0 Å². The standard InChI is InChI=1S/C20H28N4O2S.HI/c1-5-16-7-6-8-18(13-16)23-20(21)22-14-17-9-11-19(12-10-17)27(25,26)24(4)15(2)3;/h6-13,15H,5,14H2,1-4H3,(H3,21,22,23);1H. The van der Waals surface area contributed by atoms with Gasteiger partial charge in [-0.15, -0.1) is 24.0 Å². The quantitative estimate of drug-likeness (QED) is 0.333. The van der Waals surface area contributed by atoms with Crippen molar-refractivity contribution >= 4 is 45.6 Å². The van der Waals surface area contributed by atoms with Crippen LogP contribution in [0.15, 0.2) is 58.4 Å². The van der Waals surface area contributed by atoms with Gasteiger partial charge in [0.05, 0.1) is 11.4 Å². The summed E-state index contributed by atoms with van der Waals surface area (Å²) in [6.07, 6.45) is 0.952. The number of hydrogen-bond acceptors (Lipinski definition) is 3. The van der Waals surface area contributed by atoms with Crippen molar-refractivity contribution in [2.75, 3.05) is 12.4 Å². The van der Waals surface area contributed by atoms with Crippen LogP contribution >= 0.6 is 24.0 Å². The Morgan fingerprint density at radius 1 is 1.14 bits per heavy atom. The summed E-state index contributed by atoms with van der Waals surface area (Å²) in [5, 5.41) is 3.08. The van der Waals surface area contributed by atoms with E-state index in [4.69, 9.17) is 5.73 Å². The molecule has 0 amide bonds. The summed E-state index contributed by atoms with van der Waals surface area (Å²) < 4.78 is 26.3. The van der Waals surface area contributed by atoms with E-state index >= 15 is 0 Å². The Kier molecular flexibility index (Phi) is 9.38. The van der Waals surface area contributed by atoms with Gasteiger partial charge in [-0.25, -0.2) is 13.4 Å². The molecule has 0 bridgehead atoms. The van der Waals surface area contributed by atoms with E-state index in [1.807, 2.05) is 32.0 Å². The molecule has 154 valence electrons. The molecular weight excluding hydrogens is 487 g/mol. The van der Waals surface area contributed by atoms with Gasteiger partial charge in [-0.2, -0.15) is 4.31 Å². The van der Waals surface area contributed by atoms with Crippen molar-refractivity contribution in [3.05, 3.63) is 59.7 Å². The maximum atomic E-state index is 12.5. The molecule has 3 N–H and O–H groups in total. The lowest BCUT2D eigenvalue weighted by Gasteiger charge is -2.21. The highest BCUT2D eigenvalue weighted by atomic mass is 127. The normalized spacial score (nSPS) is 12.1. The molecule has 0 aliphatic heterocycles. The number of anilines is 1. The summed E-state index contributed by atoms with van der Waals surface area (Å²) in [5.41, 5.74) is 8.95. The first-order chi connectivity index (χ1) is 12.7. The lowest BCUT2D eigenvalue weighted by Crippen LogP contribution is -2.33. The molecule has 0 radical (unpaired) electrons. The Balaban J connectivity index is 0.00000392. The van der Waals surface area contributed by atoms with Gasteiger partial charge in [0.2, 0.25) is 10.0 Å². The number of guanidine groups is 1. The van der Waals surface area contributed by atoms with E-state index in [-0.39, 0.29) is 34.9 Å². The van der Waals surface area contributed by atoms with Crippen molar-refractivity contribution in [3.8, 4) is 0 Å². The molecular formula is C20H29IN4O2S. The summed E-state index contributed by atoms with van der Waals surface area (Å²) >= 11 is 0. The van der Waals surface area contributed by atoms with E-state index in [0.717, 1.165) is 17.7 Å². The fourth-order valence-corrected chi connectivity index (χ4v) is 3.81. The Morgan fingerprint density at radius 3 is 2.36 bits per heavy atom. The van der Waals surface area contributed by atoms with Gasteiger partial charge >= 0.3 is 0 Å². The summed E-state index contributed by atoms with van der Waals surface area (Å²) in [4.78, 5) is 4.60. The van der Waals surface area contributed by atoms with Crippen molar-refractivity contribution in [1.29, 1.82) is 0 Å². The molecule has 0 aliphatic rings. The molecule has 2 aromatic carbocycles. The molecule has 2 aromatic rings. The molecule has 0 atom stereocenters. The highest BCUT2D eigenvalue weighted by Gasteiger charge is 2.22. The summed E-state index contributed by atoms with van der Waals surface area (Å²) in [6, 6.07) is 14.6. The number of rotatable bonds is 7. The molecule has 28 heavy (non-hydrogen) atoms. The monoisotopic (exact) mass is 516 g/mol. The first-order valence-corrected chi connectivity index (χ1v) is 10.4. The average Bonchev–Trinajstić information content (AvgIpc) is 2.66. The molecule has 6 nitrogen and oxygen atoms in total. The third-order valence-corrected chi connectivity index (χ3v) is 6.41. The third kappa shape index (κ3) is 6.46. The van der Waals surface area contributed by atoms with Crippen molar-refractivity contribution < 1.29 is 8.42 Å². The molecule has 0 saturated carbocycles. The topological polar surface area (TPSA) is 87.8 Å². The fraction of sp³-hybridized carbons (Fsp3) is 0.350. The summed E-state index contributed by atoms with van der Waals surface area (Å²) in [5.74, 6) is 0.319. The molecule has 8 heteroatoms. The van der Waals surface area contributed by atoms with Crippen LogP contribution in [0.5, 0.6) is 0 Å². The Hall–Kier alpha value is -1.65. The molecule has 0 fully saturated rings. The second kappa shape index (κ2) is 10.8. The van der Waals surface area contributed by atoms with Gasteiger partial charge in [-0.05, 0) is 55.7 Å². The predicted molar refractivity (Wildman–Crippen MR) is 127 cm³/mol. The number of sulfonamides is 1. The van der Waals surface area contributed by atoms with Gasteiger partial charge in [0.15, 0.2) is 5.96 Å². The van der Waals surface area contributed by atoms with Crippen LogP contribution in [0.2, 0.25) is 0 Å². The van der Waals surface area contributed by atoms with E-state index in [0.29, 0.717) is 12.5 Å². The van der Waals surface area contributed by atoms with Crippen LogP contribution in [-0.4, -0.2) is 31.8 Å². The minimum Gasteiger partial charge on any atom is -0.370 e. The van der Waals surface area contributed by atoms with E-state index in [9.17, 15) is 8.42 Å². The van der Waals surface area contributed by atoms with Crippen LogP contribution < -0.4 is 11.1 Å². The number of nitrogens with zero attached hydrogens (tertiary/aromatic N) is 2. The second-order valence-electron chi connectivity index (χ2n) is 6.64. The minimum atomic E-state index is -3.47. The van der Waals surface area contributed by atoms with Crippen LogP contribution in [0.1, 0.15) is 31.9 Å². The number of hydrogen-bond donors (Lipinski definition) is 2. The van der Waals surface area contributed by atoms with Gasteiger partial charge in [0.1, 0.15) is 0 Å².